The topological polar surface area (TPSA) is 43.8 Å². The van der Waals surface area contributed by atoms with Gasteiger partial charge in [0.05, 0.1) is 5.56 Å². The smallest absolute Gasteiger partial charge is 0.336 e. The first kappa shape index (κ1) is 14.9. The molecular formula is C15H21FN2O2. The molecule has 0 saturated carbocycles. The highest BCUT2D eigenvalue weighted by Crippen LogP contribution is 2.16. The second kappa shape index (κ2) is 6.33. The fraction of sp³-hybridized carbons (Fsp3) is 0.533. The Kier molecular flexibility index (Phi) is 4.73. The summed E-state index contributed by atoms with van der Waals surface area (Å²) in [5.41, 5.74) is 0.744. The lowest BCUT2D eigenvalue weighted by Gasteiger charge is -2.37. The van der Waals surface area contributed by atoms with Gasteiger partial charge in [0.15, 0.2) is 0 Å². The summed E-state index contributed by atoms with van der Waals surface area (Å²) in [7, 11) is 0. The number of rotatable bonds is 4. The Morgan fingerprint density at radius 2 is 1.95 bits per heavy atom. The lowest BCUT2D eigenvalue weighted by molar-refractivity contribution is 0.0691. The summed E-state index contributed by atoms with van der Waals surface area (Å²) in [6.07, 6.45) is 0. The van der Waals surface area contributed by atoms with Crippen LogP contribution >= 0.6 is 0 Å². The third kappa shape index (κ3) is 3.55. The molecule has 5 heteroatoms. The summed E-state index contributed by atoms with van der Waals surface area (Å²) in [4.78, 5) is 15.7. The Labute approximate surface area is 118 Å². The molecule has 0 amide bonds. The number of hydrogen-bond acceptors (Lipinski definition) is 3. The van der Waals surface area contributed by atoms with Crippen LogP contribution in [0, 0.1) is 5.82 Å². The zero-order chi connectivity index (χ0) is 14.7. The van der Waals surface area contributed by atoms with Gasteiger partial charge in [-0.1, -0.05) is 0 Å². The summed E-state index contributed by atoms with van der Waals surface area (Å²) in [5.74, 6) is -1.38. The van der Waals surface area contributed by atoms with Crippen LogP contribution in [0.4, 0.5) is 4.39 Å². The van der Waals surface area contributed by atoms with Crippen molar-refractivity contribution in [2.24, 2.45) is 0 Å². The van der Waals surface area contributed by atoms with Crippen molar-refractivity contribution >= 4 is 5.97 Å². The Hall–Kier alpha value is -1.46. The standard InChI is InChI=1S/C15H21FN2O2/c1-11(2)18-7-5-17(6-8-18)10-12-9-13(16)3-4-14(12)15(19)20/h3-4,9,11H,5-8,10H2,1-2H3,(H,19,20). The first-order valence-electron chi connectivity index (χ1n) is 6.95. The quantitative estimate of drug-likeness (QED) is 0.916. The van der Waals surface area contributed by atoms with E-state index in [0.717, 1.165) is 26.2 Å². The SMILES string of the molecule is CC(C)N1CCN(Cc2cc(F)ccc2C(=O)O)CC1. The maximum Gasteiger partial charge on any atom is 0.336 e. The number of benzene rings is 1. The van der Waals surface area contributed by atoms with Crippen LogP contribution in [0.3, 0.4) is 0 Å². The van der Waals surface area contributed by atoms with Gasteiger partial charge < -0.3 is 5.11 Å². The van der Waals surface area contributed by atoms with E-state index in [4.69, 9.17) is 5.11 Å². The molecule has 0 aliphatic carbocycles. The maximum absolute atomic E-state index is 13.3. The molecule has 1 aromatic carbocycles. The molecule has 0 radical (unpaired) electrons. The number of carboxylic acid groups (broad SMARTS) is 1. The molecule has 1 heterocycles. The monoisotopic (exact) mass is 280 g/mol. The summed E-state index contributed by atoms with van der Waals surface area (Å²) >= 11 is 0. The number of piperazine rings is 1. The molecule has 1 aromatic rings. The zero-order valence-corrected chi connectivity index (χ0v) is 12.0. The van der Waals surface area contributed by atoms with E-state index >= 15 is 0 Å². The van der Waals surface area contributed by atoms with Gasteiger partial charge in [-0.3, -0.25) is 9.80 Å². The number of hydrogen-bond donors (Lipinski definition) is 1. The molecular weight excluding hydrogens is 259 g/mol. The minimum absolute atomic E-state index is 0.192. The third-order valence-electron chi connectivity index (χ3n) is 3.83. The molecule has 2 rings (SSSR count). The van der Waals surface area contributed by atoms with Crippen molar-refractivity contribution < 1.29 is 14.3 Å². The van der Waals surface area contributed by atoms with Gasteiger partial charge in [-0.05, 0) is 37.6 Å². The fourth-order valence-corrected chi connectivity index (χ4v) is 2.58. The molecule has 0 unspecified atom stereocenters. The normalized spacial score (nSPS) is 17.6. The summed E-state index contributed by atoms with van der Waals surface area (Å²) in [6, 6.07) is 4.40. The number of carbonyl (C=O) groups is 1. The van der Waals surface area contributed by atoms with Crippen molar-refractivity contribution in [2.45, 2.75) is 26.4 Å². The Balaban J connectivity index is 2.04. The number of nitrogens with zero attached hydrogens (tertiary/aromatic N) is 2. The lowest BCUT2D eigenvalue weighted by Crippen LogP contribution is -2.48. The molecule has 1 fully saturated rings. The Morgan fingerprint density at radius 3 is 2.50 bits per heavy atom. The summed E-state index contributed by atoms with van der Waals surface area (Å²) < 4.78 is 13.3. The Bertz CT molecular complexity index is 483. The first-order chi connectivity index (χ1) is 9.47. The number of carboxylic acids is 1. The predicted octanol–water partition coefficient (Wildman–Crippen LogP) is 2.05. The van der Waals surface area contributed by atoms with Crippen LogP contribution in [-0.2, 0) is 6.54 Å². The molecule has 110 valence electrons. The first-order valence-corrected chi connectivity index (χ1v) is 6.95. The average molecular weight is 280 g/mol. The molecule has 1 N–H and O–H groups in total. The minimum atomic E-state index is -0.999. The van der Waals surface area contributed by atoms with Crippen molar-refractivity contribution in [2.75, 3.05) is 26.2 Å². The van der Waals surface area contributed by atoms with E-state index in [-0.39, 0.29) is 11.4 Å². The average Bonchev–Trinajstić information content (AvgIpc) is 2.39. The van der Waals surface area contributed by atoms with E-state index in [0.29, 0.717) is 18.2 Å². The van der Waals surface area contributed by atoms with Gasteiger partial charge in [-0.15, -0.1) is 0 Å². The maximum atomic E-state index is 13.3. The molecule has 0 spiro atoms. The molecule has 1 aliphatic heterocycles. The lowest BCUT2D eigenvalue weighted by atomic mass is 10.1. The number of aromatic carboxylic acids is 1. The van der Waals surface area contributed by atoms with Crippen LogP contribution in [0.5, 0.6) is 0 Å². The molecule has 20 heavy (non-hydrogen) atoms. The van der Waals surface area contributed by atoms with Gasteiger partial charge in [0.25, 0.3) is 0 Å². The highest BCUT2D eigenvalue weighted by Gasteiger charge is 2.20. The molecule has 1 aliphatic rings. The minimum Gasteiger partial charge on any atom is -0.478 e. The van der Waals surface area contributed by atoms with Gasteiger partial charge in [0.1, 0.15) is 5.82 Å². The van der Waals surface area contributed by atoms with Crippen LogP contribution in [0.2, 0.25) is 0 Å². The van der Waals surface area contributed by atoms with Crippen molar-refractivity contribution in [1.29, 1.82) is 0 Å². The van der Waals surface area contributed by atoms with Gasteiger partial charge >= 0.3 is 5.97 Å². The molecule has 1 saturated heterocycles. The van der Waals surface area contributed by atoms with E-state index in [2.05, 4.69) is 23.6 Å². The van der Waals surface area contributed by atoms with E-state index in [9.17, 15) is 9.18 Å². The molecule has 4 nitrogen and oxygen atoms in total. The largest absolute Gasteiger partial charge is 0.478 e. The van der Waals surface area contributed by atoms with Gasteiger partial charge in [-0.2, -0.15) is 0 Å². The summed E-state index contributed by atoms with van der Waals surface area (Å²) in [5, 5.41) is 9.15. The third-order valence-corrected chi connectivity index (χ3v) is 3.83. The zero-order valence-electron chi connectivity index (χ0n) is 12.0. The molecule has 0 aromatic heterocycles. The van der Waals surface area contributed by atoms with Crippen LogP contribution < -0.4 is 0 Å². The van der Waals surface area contributed by atoms with Crippen molar-refractivity contribution in [3.05, 3.63) is 35.1 Å². The van der Waals surface area contributed by atoms with Gasteiger partial charge in [0, 0.05) is 38.8 Å². The van der Waals surface area contributed by atoms with Crippen LogP contribution in [-0.4, -0.2) is 53.1 Å². The molecule has 0 bridgehead atoms. The Morgan fingerprint density at radius 1 is 1.30 bits per heavy atom. The van der Waals surface area contributed by atoms with Crippen LogP contribution in [0.25, 0.3) is 0 Å². The number of halogens is 1. The molecule has 0 atom stereocenters. The second-order valence-electron chi connectivity index (χ2n) is 5.51. The van der Waals surface area contributed by atoms with Crippen molar-refractivity contribution in [1.82, 2.24) is 9.80 Å². The van der Waals surface area contributed by atoms with Gasteiger partial charge in [0.2, 0.25) is 0 Å². The highest BCUT2D eigenvalue weighted by molar-refractivity contribution is 5.89. The summed E-state index contributed by atoms with van der Waals surface area (Å²) in [6.45, 7) is 8.53. The van der Waals surface area contributed by atoms with E-state index in [1.54, 1.807) is 0 Å². The van der Waals surface area contributed by atoms with E-state index in [1.165, 1.54) is 18.2 Å². The van der Waals surface area contributed by atoms with Gasteiger partial charge in [-0.25, -0.2) is 9.18 Å². The van der Waals surface area contributed by atoms with E-state index in [1.807, 2.05) is 0 Å². The van der Waals surface area contributed by atoms with Crippen LogP contribution in [0.15, 0.2) is 18.2 Å². The highest BCUT2D eigenvalue weighted by atomic mass is 19.1. The van der Waals surface area contributed by atoms with Crippen molar-refractivity contribution in [3.63, 3.8) is 0 Å². The predicted molar refractivity (Wildman–Crippen MR) is 75.3 cm³/mol. The fourth-order valence-electron chi connectivity index (χ4n) is 2.58. The van der Waals surface area contributed by atoms with E-state index < -0.39 is 5.97 Å². The van der Waals surface area contributed by atoms with Crippen molar-refractivity contribution in [3.8, 4) is 0 Å². The second-order valence-corrected chi connectivity index (χ2v) is 5.51. The van der Waals surface area contributed by atoms with Crippen LogP contribution in [0.1, 0.15) is 29.8 Å².